The zero-order chi connectivity index (χ0) is 21.2. The summed E-state index contributed by atoms with van der Waals surface area (Å²) in [5, 5.41) is 4.68. The topological polar surface area (TPSA) is 103 Å². The lowest BCUT2D eigenvalue weighted by molar-refractivity contribution is -0.141. The molecule has 9 heteroatoms. The van der Waals surface area contributed by atoms with Gasteiger partial charge in [0.25, 0.3) is 0 Å². The van der Waals surface area contributed by atoms with Crippen LogP contribution in [0.4, 0.5) is 4.79 Å². The maximum Gasteiger partial charge on any atom is 0.407 e. The van der Waals surface area contributed by atoms with E-state index in [0.717, 1.165) is 4.90 Å². The van der Waals surface area contributed by atoms with Crippen molar-refractivity contribution in [2.75, 3.05) is 26.8 Å². The summed E-state index contributed by atoms with van der Waals surface area (Å²) in [7, 11) is 1.55. The molecule has 1 atom stereocenters. The van der Waals surface area contributed by atoms with Gasteiger partial charge in [0.2, 0.25) is 5.91 Å². The Morgan fingerprint density at radius 2 is 1.82 bits per heavy atom. The smallest absolute Gasteiger partial charge is 0.407 e. The molecule has 156 valence electrons. The highest BCUT2D eigenvalue weighted by Gasteiger charge is 2.24. The molecule has 2 amide bonds. The second-order valence-electron chi connectivity index (χ2n) is 6.77. The molecular weight excluding hydrogens is 384 g/mol. The molecule has 0 heterocycles. The second-order valence-corrected chi connectivity index (χ2v) is 8.02. The number of carbonyl (C=O) groups excluding carboxylic acids is 3. The number of hydrogen-bond acceptors (Lipinski definition) is 7. The monoisotopic (exact) mass is 412 g/mol. The van der Waals surface area contributed by atoms with E-state index in [1.54, 1.807) is 33.9 Å². The van der Waals surface area contributed by atoms with Gasteiger partial charge in [-0.3, -0.25) is 9.59 Å². The summed E-state index contributed by atoms with van der Waals surface area (Å²) >= 11 is 1.26. The van der Waals surface area contributed by atoms with Gasteiger partial charge < -0.3 is 24.8 Å². The van der Waals surface area contributed by atoms with E-state index in [9.17, 15) is 14.4 Å². The Morgan fingerprint density at radius 3 is 2.43 bits per heavy atom. The first kappa shape index (κ1) is 23.6. The van der Waals surface area contributed by atoms with Gasteiger partial charge in [-0.05, 0) is 32.9 Å². The zero-order valence-electron chi connectivity index (χ0n) is 16.9. The molecule has 1 rings (SSSR count). The predicted molar refractivity (Wildman–Crippen MR) is 107 cm³/mol. The number of rotatable bonds is 9. The van der Waals surface area contributed by atoms with Gasteiger partial charge >= 0.3 is 12.1 Å². The molecule has 0 aromatic heterocycles. The van der Waals surface area contributed by atoms with Crippen LogP contribution in [0.3, 0.4) is 0 Å². The summed E-state index contributed by atoms with van der Waals surface area (Å²) in [4.78, 5) is 36.1. The SMILES string of the molecule is COc1ccccc1SC(CNC(=O)OC(C)(C)C)C(=O)NCCOC(C)=O. The highest BCUT2D eigenvalue weighted by Crippen LogP contribution is 2.32. The molecule has 8 nitrogen and oxygen atoms in total. The minimum absolute atomic E-state index is 0.0526. The number of alkyl carbamates (subject to hydrolysis) is 1. The van der Waals surface area contributed by atoms with E-state index in [1.807, 2.05) is 18.2 Å². The number of methoxy groups -OCH3 is 1. The molecule has 28 heavy (non-hydrogen) atoms. The Labute approximate surface area is 169 Å². The Morgan fingerprint density at radius 1 is 1.14 bits per heavy atom. The molecule has 0 radical (unpaired) electrons. The molecular formula is C19H28N2O6S. The Balaban J connectivity index is 2.76. The molecule has 1 aromatic rings. The summed E-state index contributed by atoms with van der Waals surface area (Å²) in [6.45, 7) is 6.88. The van der Waals surface area contributed by atoms with Gasteiger partial charge in [-0.15, -0.1) is 11.8 Å². The lowest BCUT2D eigenvalue weighted by atomic mass is 10.2. The fourth-order valence-corrected chi connectivity index (χ4v) is 3.12. The minimum Gasteiger partial charge on any atom is -0.496 e. The Kier molecular flexibility index (Phi) is 9.64. The largest absolute Gasteiger partial charge is 0.496 e. The lowest BCUT2D eigenvalue weighted by Crippen LogP contribution is -2.43. The molecule has 1 unspecified atom stereocenters. The first-order valence-electron chi connectivity index (χ1n) is 8.80. The number of carbonyl (C=O) groups is 3. The van der Waals surface area contributed by atoms with Gasteiger partial charge in [0.05, 0.1) is 18.6 Å². The number of amides is 2. The van der Waals surface area contributed by atoms with Gasteiger partial charge in [0.1, 0.15) is 23.2 Å². The van der Waals surface area contributed by atoms with E-state index in [1.165, 1.54) is 18.7 Å². The van der Waals surface area contributed by atoms with Crippen molar-refractivity contribution in [3.63, 3.8) is 0 Å². The van der Waals surface area contributed by atoms with Gasteiger partial charge in [0.15, 0.2) is 0 Å². The van der Waals surface area contributed by atoms with Gasteiger partial charge in [-0.1, -0.05) is 12.1 Å². The van der Waals surface area contributed by atoms with Crippen LogP contribution in [0.15, 0.2) is 29.2 Å². The van der Waals surface area contributed by atoms with Crippen molar-refractivity contribution in [2.24, 2.45) is 0 Å². The fraction of sp³-hybridized carbons (Fsp3) is 0.526. The van der Waals surface area contributed by atoms with Crippen LogP contribution < -0.4 is 15.4 Å². The van der Waals surface area contributed by atoms with Crippen LogP contribution in [0, 0.1) is 0 Å². The van der Waals surface area contributed by atoms with Crippen LogP contribution in [-0.4, -0.2) is 55.6 Å². The molecule has 2 N–H and O–H groups in total. The summed E-state index contributed by atoms with van der Waals surface area (Å²) in [5.74, 6) is -0.0950. The number of nitrogens with one attached hydrogen (secondary N) is 2. The van der Waals surface area contributed by atoms with Crippen molar-refractivity contribution in [1.82, 2.24) is 10.6 Å². The molecule has 0 aliphatic carbocycles. The Bertz CT molecular complexity index is 675. The number of hydrogen-bond donors (Lipinski definition) is 2. The number of thioether (sulfide) groups is 1. The second kappa shape index (κ2) is 11.4. The summed E-state index contributed by atoms with van der Waals surface area (Å²) in [6, 6.07) is 7.28. The predicted octanol–water partition coefficient (Wildman–Crippen LogP) is 2.36. The lowest BCUT2D eigenvalue weighted by Gasteiger charge is -2.22. The third-order valence-corrected chi connectivity index (χ3v) is 4.42. The minimum atomic E-state index is -0.638. The average molecular weight is 413 g/mol. The number of para-hydroxylation sites is 1. The van der Waals surface area contributed by atoms with E-state index in [4.69, 9.17) is 14.2 Å². The van der Waals surface area contributed by atoms with Crippen molar-refractivity contribution >= 4 is 29.7 Å². The maximum absolute atomic E-state index is 12.6. The fourth-order valence-electron chi connectivity index (χ4n) is 2.03. The van der Waals surface area contributed by atoms with Crippen LogP contribution in [0.1, 0.15) is 27.7 Å². The molecule has 0 bridgehead atoms. The third-order valence-electron chi connectivity index (χ3n) is 3.17. The molecule has 0 saturated carbocycles. The van der Waals surface area contributed by atoms with Crippen molar-refractivity contribution in [1.29, 1.82) is 0 Å². The summed E-state index contributed by atoms with van der Waals surface area (Å²) < 4.78 is 15.3. The molecule has 0 aliphatic rings. The van der Waals surface area contributed by atoms with E-state index < -0.39 is 22.9 Å². The average Bonchev–Trinajstić information content (AvgIpc) is 2.60. The number of esters is 1. The molecule has 0 spiro atoms. The normalized spacial score (nSPS) is 11.9. The quantitative estimate of drug-likeness (QED) is 0.365. The van der Waals surface area contributed by atoms with Crippen LogP contribution in [0.5, 0.6) is 5.75 Å². The van der Waals surface area contributed by atoms with E-state index in [2.05, 4.69) is 10.6 Å². The van der Waals surface area contributed by atoms with E-state index in [-0.39, 0.29) is 25.6 Å². The van der Waals surface area contributed by atoms with Crippen LogP contribution in [-0.2, 0) is 19.1 Å². The molecule has 0 saturated heterocycles. The van der Waals surface area contributed by atoms with E-state index >= 15 is 0 Å². The van der Waals surface area contributed by atoms with Gasteiger partial charge in [0, 0.05) is 13.5 Å². The van der Waals surface area contributed by atoms with Gasteiger partial charge in [-0.25, -0.2) is 4.79 Å². The standard InChI is InChI=1S/C19H28N2O6S/c1-13(22)26-11-10-20-17(23)16(12-21-18(24)27-19(2,3)4)28-15-9-7-6-8-14(15)25-5/h6-9,16H,10-12H2,1-5H3,(H,20,23)(H,21,24). The summed E-state index contributed by atoms with van der Waals surface area (Å²) in [6.07, 6.45) is -0.606. The molecule has 1 aromatic carbocycles. The van der Waals surface area contributed by atoms with Crippen molar-refractivity contribution in [2.45, 2.75) is 43.4 Å². The number of ether oxygens (including phenoxy) is 3. The first-order valence-corrected chi connectivity index (χ1v) is 9.68. The highest BCUT2D eigenvalue weighted by atomic mass is 32.2. The third kappa shape index (κ3) is 9.50. The maximum atomic E-state index is 12.6. The van der Waals surface area contributed by atoms with Crippen molar-refractivity contribution in [3.8, 4) is 5.75 Å². The van der Waals surface area contributed by atoms with Crippen LogP contribution >= 0.6 is 11.8 Å². The first-order chi connectivity index (χ1) is 13.1. The van der Waals surface area contributed by atoms with Crippen molar-refractivity contribution in [3.05, 3.63) is 24.3 Å². The number of benzene rings is 1. The zero-order valence-corrected chi connectivity index (χ0v) is 17.7. The van der Waals surface area contributed by atoms with Crippen LogP contribution in [0.25, 0.3) is 0 Å². The Hall–Kier alpha value is -2.42. The summed E-state index contributed by atoms with van der Waals surface area (Å²) in [5.41, 5.74) is -0.637. The highest BCUT2D eigenvalue weighted by molar-refractivity contribution is 8.00. The van der Waals surface area contributed by atoms with Crippen molar-refractivity contribution < 1.29 is 28.6 Å². The molecule has 0 aliphatic heterocycles. The van der Waals surface area contributed by atoms with Gasteiger partial charge in [-0.2, -0.15) is 0 Å². The molecule has 0 fully saturated rings. The van der Waals surface area contributed by atoms with Crippen LogP contribution in [0.2, 0.25) is 0 Å². The van der Waals surface area contributed by atoms with E-state index in [0.29, 0.717) is 5.75 Å².